The van der Waals surface area contributed by atoms with Crippen LogP contribution in [-0.4, -0.2) is 12.1 Å². The van der Waals surface area contributed by atoms with Gasteiger partial charge in [0.05, 0.1) is 0 Å². The first-order valence-corrected chi connectivity index (χ1v) is 13.5. The third kappa shape index (κ3) is 4.56. The highest BCUT2D eigenvalue weighted by atomic mass is 15.0. The van der Waals surface area contributed by atoms with Gasteiger partial charge in [-0.1, -0.05) is 101 Å². The third-order valence-corrected chi connectivity index (χ3v) is 9.19. The topological polar surface area (TPSA) is 12.0 Å². The van der Waals surface area contributed by atoms with E-state index in [1.165, 1.54) is 68.9 Å². The van der Waals surface area contributed by atoms with Gasteiger partial charge in [-0.2, -0.15) is 0 Å². The zero-order chi connectivity index (χ0) is 22.1. The van der Waals surface area contributed by atoms with Crippen molar-refractivity contribution >= 4 is 0 Å². The normalized spacial score (nSPS) is 36.1. The summed E-state index contributed by atoms with van der Waals surface area (Å²) in [5, 5.41) is 4.10. The lowest BCUT2D eigenvalue weighted by Crippen LogP contribution is -2.35. The molecule has 1 heteroatoms. The van der Waals surface area contributed by atoms with Gasteiger partial charge in [0.1, 0.15) is 0 Å². The van der Waals surface area contributed by atoms with Crippen LogP contribution >= 0.6 is 0 Å². The van der Waals surface area contributed by atoms with Crippen molar-refractivity contribution < 1.29 is 0 Å². The van der Waals surface area contributed by atoms with E-state index in [1.807, 2.05) is 0 Å². The predicted octanol–water partition coefficient (Wildman–Crippen LogP) is 8.21. The van der Waals surface area contributed by atoms with Crippen molar-refractivity contribution in [1.82, 2.24) is 5.32 Å². The molecule has 0 heterocycles. The molecule has 3 aliphatic rings. The quantitative estimate of drug-likeness (QED) is 0.417. The molecule has 5 unspecified atom stereocenters. The van der Waals surface area contributed by atoms with Gasteiger partial charge in [0.2, 0.25) is 0 Å². The van der Waals surface area contributed by atoms with Crippen LogP contribution in [0.4, 0.5) is 0 Å². The average Bonchev–Trinajstić information content (AvgIpc) is 3.68. The molecular weight excluding hydrogens is 386 g/mol. The first kappa shape index (κ1) is 22.2. The van der Waals surface area contributed by atoms with E-state index in [2.05, 4.69) is 80.7 Å². The molecule has 2 aromatic rings. The monoisotopic (exact) mass is 429 g/mol. The van der Waals surface area contributed by atoms with Crippen molar-refractivity contribution in [3.63, 3.8) is 0 Å². The summed E-state index contributed by atoms with van der Waals surface area (Å²) < 4.78 is 0. The van der Waals surface area contributed by atoms with Gasteiger partial charge in [-0.3, -0.25) is 0 Å². The summed E-state index contributed by atoms with van der Waals surface area (Å²) in [4.78, 5) is 0. The second-order valence-corrected chi connectivity index (χ2v) is 11.6. The molecular formula is C31H43N. The maximum atomic E-state index is 4.10. The minimum atomic E-state index is 0.515. The highest BCUT2D eigenvalue weighted by molar-refractivity contribution is 5.63. The van der Waals surface area contributed by atoms with E-state index < -0.39 is 0 Å². The number of hydrogen-bond donors (Lipinski definition) is 1. The number of rotatable bonds is 8. The Labute approximate surface area is 196 Å². The molecule has 7 atom stereocenters. The van der Waals surface area contributed by atoms with Gasteiger partial charge in [0.15, 0.2) is 0 Å². The lowest BCUT2D eigenvalue weighted by Gasteiger charge is -2.27. The van der Waals surface area contributed by atoms with Crippen LogP contribution in [0, 0.1) is 23.2 Å². The molecule has 172 valence electrons. The van der Waals surface area contributed by atoms with Crippen molar-refractivity contribution in [2.45, 2.75) is 96.6 Å². The molecule has 0 aromatic heterocycles. The summed E-state index contributed by atoms with van der Waals surface area (Å²) in [5.41, 5.74) is 4.75. The summed E-state index contributed by atoms with van der Waals surface area (Å²) >= 11 is 0. The molecule has 2 aromatic carbocycles. The summed E-state index contributed by atoms with van der Waals surface area (Å²) in [6.45, 7) is 7.45. The molecule has 1 nitrogen and oxygen atoms in total. The summed E-state index contributed by atoms with van der Waals surface area (Å²) in [6.07, 6.45) is 12.6. The minimum Gasteiger partial charge on any atom is -0.311 e. The number of unbranched alkanes of at least 4 members (excludes halogenated alkanes) is 2. The van der Waals surface area contributed by atoms with Crippen molar-refractivity contribution in [1.29, 1.82) is 0 Å². The van der Waals surface area contributed by atoms with Gasteiger partial charge in [0.25, 0.3) is 0 Å². The smallest absolute Gasteiger partial charge is 0.0102 e. The fraction of sp³-hybridized carbons (Fsp3) is 0.613. The Kier molecular flexibility index (Phi) is 6.48. The standard InChI is InChI=1S/C31H43N/c1-4-5-7-13-26-21-28(26)32-27-14-10-19-31(3)29(22(2)20-27)30(31)25-17-15-24(16-18-25)23-11-8-6-9-12-23/h6,8-9,11-12,15-18,22,26-30,32H,4-5,7,10,13-14,19-21H2,1-3H3/t22-,26?,27?,28?,29?,30-,31?/m0/s1. The van der Waals surface area contributed by atoms with Crippen molar-refractivity contribution in [3.05, 3.63) is 60.2 Å². The van der Waals surface area contributed by atoms with Gasteiger partial charge in [-0.25, -0.2) is 0 Å². The van der Waals surface area contributed by atoms with Crippen LogP contribution in [0.5, 0.6) is 0 Å². The molecule has 0 aliphatic heterocycles. The van der Waals surface area contributed by atoms with Gasteiger partial charge in [-0.05, 0) is 77.9 Å². The zero-order valence-electron chi connectivity index (χ0n) is 20.5. The molecule has 1 N–H and O–H groups in total. The number of nitrogens with one attached hydrogen (secondary N) is 1. The first-order valence-electron chi connectivity index (χ1n) is 13.5. The summed E-state index contributed by atoms with van der Waals surface area (Å²) in [5.74, 6) is 3.40. The molecule has 32 heavy (non-hydrogen) atoms. The summed E-state index contributed by atoms with van der Waals surface area (Å²) in [6, 6.07) is 21.9. The van der Waals surface area contributed by atoms with Crippen LogP contribution in [0.3, 0.4) is 0 Å². The highest BCUT2D eigenvalue weighted by Crippen LogP contribution is 2.71. The van der Waals surface area contributed by atoms with Gasteiger partial charge < -0.3 is 5.32 Å². The lowest BCUT2D eigenvalue weighted by molar-refractivity contribution is 0.270. The van der Waals surface area contributed by atoms with Crippen LogP contribution in [0.15, 0.2) is 54.6 Å². The van der Waals surface area contributed by atoms with E-state index >= 15 is 0 Å². The Balaban J connectivity index is 1.20. The Morgan fingerprint density at radius 2 is 1.69 bits per heavy atom. The van der Waals surface area contributed by atoms with E-state index in [1.54, 1.807) is 5.56 Å². The van der Waals surface area contributed by atoms with Crippen LogP contribution in [0.2, 0.25) is 0 Å². The second kappa shape index (κ2) is 9.34. The van der Waals surface area contributed by atoms with Crippen molar-refractivity contribution in [2.75, 3.05) is 0 Å². The molecule has 3 fully saturated rings. The molecule has 5 rings (SSSR count). The van der Waals surface area contributed by atoms with Crippen LogP contribution in [0.1, 0.15) is 90.0 Å². The van der Waals surface area contributed by atoms with Gasteiger partial charge >= 0.3 is 0 Å². The Morgan fingerprint density at radius 3 is 2.44 bits per heavy atom. The van der Waals surface area contributed by atoms with Gasteiger partial charge in [0, 0.05) is 12.1 Å². The largest absolute Gasteiger partial charge is 0.311 e. The van der Waals surface area contributed by atoms with Gasteiger partial charge in [-0.15, -0.1) is 0 Å². The fourth-order valence-corrected chi connectivity index (χ4v) is 7.33. The van der Waals surface area contributed by atoms with Crippen LogP contribution < -0.4 is 5.32 Å². The zero-order valence-corrected chi connectivity index (χ0v) is 20.5. The maximum Gasteiger partial charge on any atom is 0.0102 e. The molecule has 0 bridgehead atoms. The molecule has 3 aliphatic carbocycles. The molecule has 0 amide bonds. The number of benzene rings is 2. The number of fused-ring (bicyclic) bond motifs is 1. The first-order chi connectivity index (χ1) is 15.6. The van der Waals surface area contributed by atoms with E-state index in [0.29, 0.717) is 5.41 Å². The van der Waals surface area contributed by atoms with Crippen LogP contribution in [0.25, 0.3) is 11.1 Å². The van der Waals surface area contributed by atoms with Crippen LogP contribution in [-0.2, 0) is 0 Å². The maximum absolute atomic E-state index is 4.10. The third-order valence-electron chi connectivity index (χ3n) is 9.19. The summed E-state index contributed by atoms with van der Waals surface area (Å²) in [7, 11) is 0. The predicted molar refractivity (Wildman–Crippen MR) is 137 cm³/mol. The second-order valence-electron chi connectivity index (χ2n) is 11.6. The average molecular weight is 430 g/mol. The lowest BCUT2D eigenvalue weighted by atomic mass is 9.84. The van der Waals surface area contributed by atoms with Crippen molar-refractivity contribution in [3.8, 4) is 11.1 Å². The van der Waals surface area contributed by atoms with Crippen molar-refractivity contribution in [2.24, 2.45) is 23.2 Å². The highest BCUT2D eigenvalue weighted by Gasteiger charge is 2.63. The fourth-order valence-electron chi connectivity index (χ4n) is 7.33. The molecule has 0 spiro atoms. The SMILES string of the molecule is CCCCCC1CC1NC1CCCC2(C)C([C@@H](C)C1)[C@@H]2c1ccc(-c2ccccc2)cc1. The van der Waals surface area contributed by atoms with E-state index in [0.717, 1.165) is 35.8 Å². The Bertz CT molecular complexity index is 871. The minimum absolute atomic E-state index is 0.515. The van der Waals surface area contributed by atoms with E-state index in [4.69, 9.17) is 0 Å². The Morgan fingerprint density at radius 1 is 0.938 bits per heavy atom. The van der Waals surface area contributed by atoms with E-state index in [9.17, 15) is 0 Å². The molecule has 0 saturated heterocycles. The number of hydrogen-bond acceptors (Lipinski definition) is 1. The van der Waals surface area contributed by atoms with E-state index in [-0.39, 0.29) is 0 Å². The molecule has 0 radical (unpaired) electrons. The Hall–Kier alpha value is -1.60. The molecule has 3 saturated carbocycles.